The van der Waals surface area contributed by atoms with Crippen molar-refractivity contribution in [2.75, 3.05) is 26.2 Å². The normalized spacial score (nSPS) is 24.1. The summed E-state index contributed by atoms with van der Waals surface area (Å²) in [6.45, 7) is 10.7. The van der Waals surface area contributed by atoms with Crippen molar-refractivity contribution >= 4 is 0 Å². The molecule has 2 aliphatic rings. The monoisotopic (exact) mass is 209 g/mol. The summed E-state index contributed by atoms with van der Waals surface area (Å²) in [6, 6.07) is 0. The summed E-state index contributed by atoms with van der Waals surface area (Å²) < 4.78 is 5.50. The Labute approximate surface area is 93.3 Å². The van der Waals surface area contributed by atoms with Gasteiger partial charge in [0.2, 0.25) is 0 Å². The molecule has 1 saturated heterocycles. The van der Waals surface area contributed by atoms with Gasteiger partial charge in [-0.2, -0.15) is 0 Å². The van der Waals surface area contributed by atoms with Gasteiger partial charge in [0.05, 0.1) is 12.4 Å². The lowest BCUT2D eigenvalue weighted by Crippen LogP contribution is -2.35. The zero-order valence-corrected chi connectivity index (χ0v) is 9.87. The Kier molecular flexibility index (Phi) is 3.68. The van der Waals surface area contributed by atoms with Crippen molar-refractivity contribution in [3.63, 3.8) is 0 Å². The van der Waals surface area contributed by atoms with Crippen LogP contribution in [0.2, 0.25) is 0 Å². The Hall–Kier alpha value is -0.500. The fourth-order valence-corrected chi connectivity index (χ4v) is 2.41. The fraction of sp³-hybridized carbons (Fsp3) is 0.846. The van der Waals surface area contributed by atoms with Gasteiger partial charge >= 0.3 is 0 Å². The van der Waals surface area contributed by atoms with E-state index in [1.165, 1.54) is 45.3 Å². The number of rotatable bonds is 5. The number of hydrogen-bond acceptors (Lipinski definition) is 2. The van der Waals surface area contributed by atoms with Gasteiger partial charge in [0.15, 0.2) is 0 Å². The predicted octanol–water partition coefficient (Wildman–Crippen LogP) is 2.66. The Morgan fingerprint density at radius 2 is 1.93 bits per heavy atom. The second kappa shape index (κ2) is 5.02. The molecule has 2 heteroatoms. The summed E-state index contributed by atoms with van der Waals surface area (Å²) >= 11 is 0. The van der Waals surface area contributed by atoms with Gasteiger partial charge in [-0.3, -0.25) is 0 Å². The summed E-state index contributed by atoms with van der Waals surface area (Å²) in [4.78, 5) is 2.62. The third-order valence-electron chi connectivity index (χ3n) is 3.59. The van der Waals surface area contributed by atoms with Gasteiger partial charge in [-0.25, -0.2) is 0 Å². The predicted molar refractivity (Wildman–Crippen MR) is 62.7 cm³/mol. The summed E-state index contributed by atoms with van der Waals surface area (Å²) in [6.07, 6.45) is 5.41. The molecule has 15 heavy (non-hydrogen) atoms. The molecule has 2 fully saturated rings. The Bertz CT molecular complexity index is 215. The molecule has 1 aliphatic heterocycles. The maximum absolute atomic E-state index is 5.50. The van der Waals surface area contributed by atoms with Crippen molar-refractivity contribution < 1.29 is 4.74 Å². The first-order chi connectivity index (χ1) is 7.29. The molecule has 0 aromatic rings. The standard InChI is InChI=1S/C13H23NO/c1-3-15-11(2)13-6-8-14(9-7-13)10-12-4-5-12/h12-13H,2-10H2,1H3. The molecule has 0 atom stereocenters. The van der Waals surface area contributed by atoms with E-state index < -0.39 is 0 Å². The highest BCUT2D eigenvalue weighted by molar-refractivity contribution is 4.94. The molecule has 1 aliphatic carbocycles. The lowest BCUT2D eigenvalue weighted by molar-refractivity contribution is 0.133. The van der Waals surface area contributed by atoms with E-state index in [1.54, 1.807) is 0 Å². The summed E-state index contributed by atoms with van der Waals surface area (Å²) in [7, 11) is 0. The number of piperidine rings is 1. The topological polar surface area (TPSA) is 12.5 Å². The average Bonchev–Trinajstić information content (AvgIpc) is 3.03. The van der Waals surface area contributed by atoms with Crippen LogP contribution in [0.15, 0.2) is 12.3 Å². The molecule has 0 unspecified atom stereocenters. The van der Waals surface area contributed by atoms with Crippen LogP contribution in [0, 0.1) is 11.8 Å². The molecule has 0 bridgehead atoms. The molecule has 0 aromatic heterocycles. The van der Waals surface area contributed by atoms with E-state index >= 15 is 0 Å². The largest absolute Gasteiger partial charge is 0.499 e. The highest BCUT2D eigenvalue weighted by Crippen LogP contribution is 2.32. The number of nitrogens with zero attached hydrogens (tertiary/aromatic N) is 1. The van der Waals surface area contributed by atoms with Crippen LogP contribution in [0.4, 0.5) is 0 Å². The van der Waals surface area contributed by atoms with Crippen LogP contribution in [-0.2, 0) is 4.74 Å². The zero-order chi connectivity index (χ0) is 10.7. The molecule has 0 aromatic carbocycles. The summed E-state index contributed by atoms with van der Waals surface area (Å²) in [5.74, 6) is 2.65. The van der Waals surface area contributed by atoms with Gasteiger partial charge in [-0.05, 0) is 51.6 Å². The molecular formula is C13H23NO. The Morgan fingerprint density at radius 3 is 2.47 bits per heavy atom. The third-order valence-corrected chi connectivity index (χ3v) is 3.59. The van der Waals surface area contributed by atoms with Crippen molar-refractivity contribution in [3.8, 4) is 0 Å². The first-order valence-corrected chi connectivity index (χ1v) is 6.33. The van der Waals surface area contributed by atoms with Gasteiger partial charge in [0.25, 0.3) is 0 Å². The second-order valence-corrected chi connectivity index (χ2v) is 4.92. The number of likely N-dealkylation sites (tertiary alicyclic amines) is 1. The van der Waals surface area contributed by atoms with Crippen LogP contribution in [0.1, 0.15) is 32.6 Å². The summed E-state index contributed by atoms with van der Waals surface area (Å²) in [5.41, 5.74) is 0. The second-order valence-electron chi connectivity index (χ2n) is 4.92. The number of ether oxygens (including phenoxy) is 1. The molecule has 1 heterocycles. The van der Waals surface area contributed by atoms with E-state index in [1.807, 2.05) is 6.92 Å². The number of allylic oxidation sites excluding steroid dienone is 1. The lowest BCUT2D eigenvalue weighted by atomic mass is 9.95. The van der Waals surface area contributed by atoms with Gasteiger partial charge in [-0.1, -0.05) is 6.58 Å². The van der Waals surface area contributed by atoms with Crippen LogP contribution >= 0.6 is 0 Å². The van der Waals surface area contributed by atoms with E-state index in [-0.39, 0.29) is 0 Å². The van der Waals surface area contributed by atoms with Crippen molar-refractivity contribution in [1.29, 1.82) is 0 Å². The van der Waals surface area contributed by atoms with Crippen LogP contribution in [0.3, 0.4) is 0 Å². The molecule has 0 spiro atoms. The quantitative estimate of drug-likeness (QED) is 0.645. The zero-order valence-electron chi connectivity index (χ0n) is 9.87. The minimum atomic E-state index is 0.611. The van der Waals surface area contributed by atoms with Crippen LogP contribution in [0.5, 0.6) is 0 Å². The van der Waals surface area contributed by atoms with E-state index in [4.69, 9.17) is 4.74 Å². The van der Waals surface area contributed by atoms with Crippen LogP contribution in [-0.4, -0.2) is 31.1 Å². The van der Waals surface area contributed by atoms with E-state index in [0.29, 0.717) is 5.92 Å². The SMILES string of the molecule is C=C(OCC)C1CCN(CC2CC2)CC1. The molecule has 2 nitrogen and oxygen atoms in total. The molecular weight excluding hydrogens is 186 g/mol. The van der Waals surface area contributed by atoms with Gasteiger partial charge in [0.1, 0.15) is 0 Å². The van der Waals surface area contributed by atoms with Crippen molar-refractivity contribution in [2.24, 2.45) is 11.8 Å². The van der Waals surface area contributed by atoms with Crippen molar-refractivity contribution in [3.05, 3.63) is 12.3 Å². The maximum Gasteiger partial charge on any atom is 0.0919 e. The van der Waals surface area contributed by atoms with Gasteiger partial charge < -0.3 is 9.64 Å². The molecule has 1 saturated carbocycles. The van der Waals surface area contributed by atoms with Crippen LogP contribution < -0.4 is 0 Å². The molecule has 0 N–H and O–H groups in total. The number of hydrogen-bond donors (Lipinski definition) is 0. The fourth-order valence-electron chi connectivity index (χ4n) is 2.41. The Morgan fingerprint density at radius 1 is 1.27 bits per heavy atom. The third kappa shape index (κ3) is 3.23. The van der Waals surface area contributed by atoms with Crippen molar-refractivity contribution in [1.82, 2.24) is 4.90 Å². The van der Waals surface area contributed by atoms with Gasteiger partial charge in [-0.15, -0.1) is 0 Å². The van der Waals surface area contributed by atoms with Gasteiger partial charge in [0, 0.05) is 12.5 Å². The first-order valence-electron chi connectivity index (χ1n) is 6.33. The maximum atomic E-state index is 5.50. The van der Waals surface area contributed by atoms with E-state index in [9.17, 15) is 0 Å². The minimum absolute atomic E-state index is 0.611. The first kappa shape index (κ1) is 11.0. The average molecular weight is 209 g/mol. The molecule has 0 amide bonds. The van der Waals surface area contributed by atoms with E-state index in [2.05, 4.69) is 11.5 Å². The minimum Gasteiger partial charge on any atom is -0.499 e. The smallest absolute Gasteiger partial charge is 0.0919 e. The van der Waals surface area contributed by atoms with Crippen molar-refractivity contribution in [2.45, 2.75) is 32.6 Å². The molecule has 86 valence electrons. The summed E-state index contributed by atoms with van der Waals surface area (Å²) in [5, 5.41) is 0. The van der Waals surface area contributed by atoms with Crippen LogP contribution in [0.25, 0.3) is 0 Å². The molecule has 2 rings (SSSR count). The van der Waals surface area contributed by atoms with E-state index in [0.717, 1.165) is 18.3 Å². The highest BCUT2D eigenvalue weighted by atomic mass is 16.5. The Balaban J connectivity index is 1.68. The lowest BCUT2D eigenvalue weighted by Gasteiger charge is -2.32. The molecule has 0 radical (unpaired) electrons. The highest BCUT2D eigenvalue weighted by Gasteiger charge is 2.27.